The molecule has 30 heteroatoms. The number of aliphatic hydroxyl groups is 17. The standard InChI is InChI=1S/C59H94O30/c1-54(2)13-14-59(23(15-54)22-7-8-29-55(3)11-10-32(86-47-41(73)33(65)24(63)20-80-47)58(6,52(77)78)30(55)9-12-56(29,4)57(22,5)16-31(59)64)53(79)89-50-44(76)45(87-48-42(74)38(70)34(66)25(17-60)82-48)37(69)28(85-50)21-81-51-46(40(72)36(68)27(19-62)84-51)88-49-43(75)39(71)35(67)26(18-61)83-49/h7,23-51,60-76H,8-21H2,1-6H3,(H,77,78)/t23-,24+,25+,26+,27+,28+,29+,30+,31+,32-,33-,34+,35+,36+,37+,38-,39-,40-,41+,42+,43+,44+,45-,46+,47-,48-,49-,50-,51+,55+,56+,57+,58?,59+/m0/s1. The second-order valence-corrected chi connectivity index (χ2v) is 28.5. The number of aliphatic hydroxyl groups excluding tert-OH is 17. The topological polar surface area (TPSA) is 491 Å². The quantitative estimate of drug-likeness (QED) is 0.0413. The molecule has 0 amide bonds. The molecule has 10 aliphatic rings. The molecule has 5 aliphatic heterocycles. The molecule has 9 fully saturated rings. The van der Waals surface area contributed by atoms with Crippen LogP contribution in [0.5, 0.6) is 0 Å². The SMILES string of the molecule is CC1(C)CC[C@]2(C(=O)O[C@@H]3O[C@H](CO[C@@H]4O[C@H](CO)[C@@H](O)[C@H](O)[C@H]4O[C@@H]4O[C@H](CO)[C@@H](O)[C@H](O)[C@H]4O)[C@@H](O)[C@H](O[C@@H]4O[C@H](CO)[C@@H](O)[C@H](O)[C@H]4O)[C@H]3O)[C@H](O)C[C@]3(C)C(=CC[C@@H]4[C@@]5(C)CC[C@H](O[C@@H]6OC[C@@H](O)[C@H](O)[C@H]6O)C(C)(C(=O)O)[C@@H]5CC[C@]43C)[C@@H]2C1. The highest BCUT2D eigenvalue weighted by atomic mass is 16.8. The van der Waals surface area contributed by atoms with Gasteiger partial charge in [-0.05, 0) is 104 Å². The smallest absolute Gasteiger partial charge is 0.317 e. The van der Waals surface area contributed by atoms with Crippen molar-refractivity contribution in [3.05, 3.63) is 11.6 Å². The van der Waals surface area contributed by atoms with Gasteiger partial charge in [0, 0.05) is 0 Å². The van der Waals surface area contributed by atoms with Crippen molar-refractivity contribution in [1.29, 1.82) is 0 Å². The summed E-state index contributed by atoms with van der Waals surface area (Å²) in [5.41, 5.74) is -4.85. The normalized spacial score (nSPS) is 54.1. The highest BCUT2D eigenvalue weighted by Crippen LogP contribution is 2.76. The van der Waals surface area contributed by atoms with E-state index in [1.165, 1.54) is 0 Å². The van der Waals surface area contributed by atoms with E-state index in [0.717, 1.165) is 5.57 Å². The van der Waals surface area contributed by atoms with Gasteiger partial charge >= 0.3 is 11.9 Å². The Balaban J connectivity index is 0.944. The third-order valence-electron chi connectivity index (χ3n) is 23.3. The fraction of sp³-hybridized carbons (Fsp3) is 0.932. The maximum atomic E-state index is 15.7. The maximum Gasteiger partial charge on any atom is 0.317 e. The Morgan fingerprint density at radius 1 is 0.539 bits per heavy atom. The number of carboxylic acids is 1. The molecular weight excluding hydrogens is 1190 g/mol. The lowest BCUT2D eigenvalue weighted by Crippen LogP contribution is -2.69. The molecule has 5 aliphatic carbocycles. The predicted molar refractivity (Wildman–Crippen MR) is 293 cm³/mol. The molecule has 89 heavy (non-hydrogen) atoms. The number of carboxylic acid groups (broad SMARTS) is 1. The van der Waals surface area contributed by atoms with E-state index < -0.39 is 242 Å². The summed E-state index contributed by atoms with van der Waals surface area (Å²) in [6, 6.07) is 0. The Morgan fingerprint density at radius 2 is 1.09 bits per heavy atom. The van der Waals surface area contributed by atoms with Gasteiger partial charge in [-0.15, -0.1) is 0 Å². The molecule has 0 radical (unpaired) electrons. The van der Waals surface area contributed by atoms with Gasteiger partial charge < -0.3 is 139 Å². The Bertz CT molecular complexity index is 2530. The van der Waals surface area contributed by atoms with Gasteiger partial charge in [0.2, 0.25) is 6.29 Å². The molecule has 5 saturated heterocycles. The summed E-state index contributed by atoms with van der Waals surface area (Å²) in [5.74, 6) is -3.48. The van der Waals surface area contributed by atoms with Crippen molar-refractivity contribution in [2.24, 2.45) is 50.2 Å². The van der Waals surface area contributed by atoms with Gasteiger partial charge in [-0.1, -0.05) is 46.3 Å². The molecule has 0 aromatic carbocycles. The minimum atomic E-state index is -2.20. The summed E-state index contributed by atoms with van der Waals surface area (Å²) in [6.07, 6.45) is -41.6. The van der Waals surface area contributed by atoms with Gasteiger partial charge in [0.15, 0.2) is 25.2 Å². The lowest BCUT2D eigenvalue weighted by Gasteiger charge is -2.71. The van der Waals surface area contributed by atoms with Gasteiger partial charge in [0.05, 0.1) is 50.7 Å². The van der Waals surface area contributed by atoms with E-state index in [1.54, 1.807) is 6.92 Å². The number of esters is 1. The van der Waals surface area contributed by atoms with Gasteiger partial charge in [0.1, 0.15) is 121 Å². The number of hydrogen-bond acceptors (Lipinski definition) is 29. The van der Waals surface area contributed by atoms with Crippen molar-refractivity contribution in [1.82, 2.24) is 0 Å². The van der Waals surface area contributed by atoms with Crippen LogP contribution in [0.25, 0.3) is 0 Å². The van der Waals surface area contributed by atoms with Gasteiger partial charge in [-0.2, -0.15) is 0 Å². The van der Waals surface area contributed by atoms with Gasteiger partial charge in [-0.25, -0.2) is 0 Å². The van der Waals surface area contributed by atoms with Crippen LogP contribution in [0.2, 0.25) is 0 Å². The first kappa shape index (κ1) is 69.5. The lowest BCUT2D eigenvalue weighted by atomic mass is 9.33. The molecule has 5 heterocycles. The number of hydrogen-bond donors (Lipinski definition) is 18. The van der Waals surface area contributed by atoms with Crippen LogP contribution in [0.3, 0.4) is 0 Å². The minimum absolute atomic E-state index is 0.0286. The summed E-state index contributed by atoms with van der Waals surface area (Å²) in [4.78, 5) is 29.4. The number of carbonyl (C=O) groups is 2. The minimum Gasteiger partial charge on any atom is -0.481 e. The number of fused-ring (bicyclic) bond motifs is 7. The summed E-state index contributed by atoms with van der Waals surface area (Å²) in [5, 5.41) is 196. The Kier molecular flexibility index (Phi) is 20.0. The highest BCUT2D eigenvalue weighted by Gasteiger charge is 2.73. The van der Waals surface area contributed by atoms with Crippen LogP contribution in [-0.4, -0.2) is 297 Å². The first-order valence-electron chi connectivity index (χ1n) is 31.0. The number of rotatable bonds is 15. The summed E-state index contributed by atoms with van der Waals surface area (Å²) in [6.45, 7) is 8.18. The van der Waals surface area contributed by atoms with Crippen molar-refractivity contribution in [2.75, 3.05) is 33.0 Å². The van der Waals surface area contributed by atoms with E-state index in [-0.39, 0.29) is 31.8 Å². The number of carbonyl (C=O) groups excluding carboxylic acids is 1. The second-order valence-electron chi connectivity index (χ2n) is 28.5. The molecule has 34 atom stereocenters. The summed E-state index contributed by atoms with van der Waals surface area (Å²) in [7, 11) is 0. The third kappa shape index (κ3) is 11.5. The number of aliphatic carboxylic acids is 1. The third-order valence-corrected chi connectivity index (χ3v) is 23.3. The van der Waals surface area contributed by atoms with Crippen molar-refractivity contribution in [3.8, 4) is 0 Å². The molecule has 0 bridgehead atoms. The molecule has 10 rings (SSSR count). The molecule has 4 saturated carbocycles. The zero-order chi connectivity index (χ0) is 65.2. The molecule has 30 nitrogen and oxygen atoms in total. The first-order valence-corrected chi connectivity index (χ1v) is 31.0. The molecular formula is C59H94O30. The fourth-order valence-electron chi connectivity index (χ4n) is 17.6. The zero-order valence-electron chi connectivity index (χ0n) is 50.7. The average molecular weight is 1280 g/mol. The molecule has 0 spiro atoms. The summed E-state index contributed by atoms with van der Waals surface area (Å²) < 4.78 is 59.0. The van der Waals surface area contributed by atoms with Crippen molar-refractivity contribution < 1.29 is 149 Å². The van der Waals surface area contributed by atoms with Gasteiger partial charge in [0.25, 0.3) is 0 Å². The van der Waals surface area contributed by atoms with E-state index in [1.807, 2.05) is 13.8 Å². The van der Waals surface area contributed by atoms with Crippen LogP contribution in [0, 0.1) is 50.2 Å². The van der Waals surface area contributed by atoms with E-state index in [4.69, 9.17) is 47.4 Å². The van der Waals surface area contributed by atoms with E-state index in [9.17, 15) is 96.7 Å². The molecule has 0 aromatic rings. The van der Waals surface area contributed by atoms with Crippen molar-refractivity contribution in [2.45, 2.75) is 259 Å². The second kappa shape index (κ2) is 25.7. The largest absolute Gasteiger partial charge is 0.481 e. The van der Waals surface area contributed by atoms with Crippen LogP contribution in [0.1, 0.15) is 99.3 Å². The first-order chi connectivity index (χ1) is 41.7. The lowest BCUT2D eigenvalue weighted by molar-refractivity contribution is -0.378. The molecule has 18 N–H and O–H groups in total. The predicted octanol–water partition coefficient (Wildman–Crippen LogP) is -5.54. The molecule has 1 unspecified atom stereocenters. The summed E-state index contributed by atoms with van der Waals surface area (Å²) >= 11 is 0. The van der Waals surface area contributed by atoms with Gasteiger partial charge in [-0.3, -0.25) is 9.59 Å². The van der Waals surface area contributed by atoms with Crippen LogP contribution in [0.4, 0.5) is 0 Å². The highest BCUT2D eigenvalue weighted by molar-refractivity contribution is 5.80. The monoisotopic (exact) mass is 1280 g/mol. The van der Waals surface area contributed by atoms with E-state index >= 15 is 4.79 Å². The fourth-order valence-corrected chi connectivity index (χ4v) is 17.6. The Morgan fingerprint density at radius 3 is 1.67 bits per heavy atom. The maximum absolute atomic E-state index is 15.7. The molecule has 0 aromatic heterocycles. The Labute approximate surface area is 513 Å². The number of allylic oxidation sites excluding steroid dienone is 2. The average Bonchev–Trinajstić information content (AvgIpc) is 0.700. The van der Waals surface area contributed by atoms with Crippen molar-refractivity contribution in [3.63, 3.8) is 0 Å². The van der Waals surface area contributed by atoms with Crippen molar-refractivity contribution >= 4 is 11.9 Å². The van der Waals surface area contributed by atoms with E-state index in [2.05, 4.69) is 26.8 Å². The van der Waals surface area contributed by atoms with Crippen LogP contribution < -0.4 is 0 Å². The number of ether oxygens (including phenoxy) is 10. The van der Waals surface area contributed by atoms with Crippen LogP contribution >= 0.6 is 0 Å². The van der Waals surface area contributed by atoms with Crippen LogP contribution in [-0.2, 0) is 57.0 Å². The molecule has 510 valence electrons. The Hall–Kier alpha value is -2.36. The van der Waals surface area contributed by atoms with E-state index in [0.29, 0.717) is 38.5 Å². The van der Waals surface area contributed by atoms with Crippen LogP contribution in [0.15, 0.2) is 11.6 Å². The zero-order valence-corrected chi connectivity index (χ0v) is 50.7.